The van der Waals surface area contributed by atoms with Gasteiger partial charge in [0, 0.05) is 30.6 Å². The molecule has 1 aliphatic heterocycles. The summed E-state index contributed by atoms with van der Waals surface area (Å²) in [6.07, 6.45) is 2.95. The first-order chi connectivity index (χ1) is 15.4. The van der Waals surface area contributed by atoms with Crippen molar-refractivity contribution in [2.75, 3.05) is 13.1 Å². The number of rotatable bonds is 6. The topological polar surface area (TPSA) is 107 Å². The van der Waals surface area contributed by atoms with E-state index in [4.69, 9.17) is 11.6 Å². The van der Waals surface area contributed by atoms with Gasteiger partial charge in [-0.15, -0.1) is 0 Å². The van der Waals surface area contributed by atoms with Crippen LogP contribution >= 0.6 is 11.6 Å². The van der Waals surface area contributed by atoms with Crippen LogP contribution in [0.1, 0.15) is 37.4 Å². The van der Waals surface area contributed by atoms with Gasteiger partial charge in [0.15, 0.2) is 7.98 Å². The van der Waals surface area contributed by atoms with Crippen molar-refractivity contribution in [1.29, 1.82) is 0 Å². The molecule has 0 unspecified atom stereocenters. The Morgan fingerprint density at radius 1 is 1.38 bits per heavy atom. The number of H-pyrrole nitrogens is 1. The Morgan fingerprint density at radius 3 is 2.94 bits per heavy atom. The normalized spacial score (nSPS) is 14.1. The summed E-state index contributed by atoms with van der Waals surface area (Å²) in [5.41, 5.74) is 4.27. The maximum absolute atomic E-state index is 13.1. The van der Waals surface area contributed by atoms with Crippen molar-refractivity contribution in [3.63, 3.8) is 0 Å². The van der Waals surface area contributed by atoms with Crippen molar-refractivity contribution < 1.29 is 14.4 Å². The van der Waals surface area contributed by atoms with Crippen molar-refractivity contribution in [2.24, 2.45) is 0 Å². The average Bonchev–Trinajstić information content (AvgIpc) is 3.25. The average molecular weight is 452 g/mol. The first kappa shape index (κ1) is 22.0. The van der Waals surface area contributed by atoms with Gasteiger partial charge in [0.2, 0.25) is 0 Å². The molecule has 0 saturated carbocycles. The summed E-state index contributed by atoms with van der Waals surface area (Å²) in [5, 5.41) is 13.8. The number of aromatic nitrogens is 2. The Kier molecular flexibility index (Phi) is 6.29. The summed E-state index contributed by atoms with van der Waals surface area (Å²) in [4.78, 5) is 38.9. The van der Waals surface area contributed by atoms with E-state index in [2.05, 4.69) is 20.7 Å². The first-order valence-corrected chi connectivity index (χ1v) is 10.7. The number of halogens is 1. The fraction of sp³-hybridized carbons (Fsp3) is 0.273. The molecule has 1 aliphatic rings. The van der Waals surface area contributed by atoms with Crippen LogP contribution < -0.4 is 10.5 Å². The standard InChI is InChI=1S/C22H23BClN5O3/c1-12-6-15-10-29(22(32)13-2-3-14-8-26-28-18(14)7-13)5-4-17(15)20(24)19(12)21(31)27-16(11-30)9-25-23/h2-3,6-8,11,16,25H,4-5,9-10,23H2,1H3,(H,26,28)(H,27,31)/t16-/m0/s1. The maximum Gasteiger partial charge on any atom is 0.254 e. The predicted molar refractivity (Wildman–Crippen MR) is 125 cm³/mol. The van der Waals surface area contributed by atoms with E-state index in [0.29, 0.717) is 54.1 Å². The maximum atomic E-state index is 13.1. The second-order valence-corrected chi connectivity index (χ2v) is 8.32. The molecular formula is C22H23BClN5O3. The number of hydrogen-bond acceptors (Lipinski definition) is 5. The molecule has 32 heavy (non-hydrogen) atoms. The molecule has 0 saturated heterocycles. The first-order valence-electron chi connectivity index (χ1n) is 10.4. The zero-order valence-electron chi connectivity index (χ0n) is 17.9. The third-order valence-electron chi connectivity index (χ3n) is 5.76. The molecule has 0 aliphatic carbocycles. The molecule has 10 heteroatoms. The highest BCUT2D eigenvalue weighted by Gasteiger charge is 2.27. The summed E-state index contributed by atoms with van der Waals surface area (Å²) in [7, 11) is 1.71. The van der Waals surface area contributed by atoms with Crippen LogP contribution in [-0.2, 0) is 17.8 Å². The highest BCUT2D eigenvalue weighted by molar-refractivity contribution is 6.35. The monoisotopic (exact) mass is 451 g/mol. The van der Waals surface area contributed by atoms with Gasteiger partial charge in [-0.3, -0.25) is 14.7 Å². The molecule has 0 fully saturated rings. The number of nitrogens with zero attached hydrogens (tertiary/aromatic N) is 2. The summed E-state index contributed by atoms with van der Waals surface area (Å²) < 4.78 is 0. The molecular weight excluding hydrogens is 429 g/mol. The van der Waals surface area contributed by atoms with Crippen LogP contribution in [-0.4, -0.2) is 60.3 Å². The highest BCUT2D eigenvalue weighted by Crippen LogP contribution is 2.32. The number of carbonyl (C=O) groups excluding carboxylic acids is 3. The van der Waals surface area contributed by atoms with Crippen LogP contribution in [0.3, 0.4) is 0 Å². The van der Waals surface area contributed by atoms with Gasteiger partial charge in [0.25, 0.3) is 11.8 Å². The van der Waals surface area contributed by atoms with E-state index in [-0.39, 0.29) is 11.8 Å². The summed E-state index contributed by atoms with van der Waals surface area (Å²) >= 11 is 6.65. The molecule has 2 aromatic carbocycles. The van der Waals surface area contributed by atoms with Crippen LogP contribution in [0.25, 0.3) is 10.9 Å². The Labute approximate surface area is 191 Å². The second kappa shape index (κ2) is 9.14. The number of benzene rings is 2. The smallest absolute Gasteiger partial charge is 0.254 e. The number of aryl methyl sites for hydroxylation is 1. The van der Waals surface area contributed by atoms with Crippen LogP contribution in [0.2, 0.25) is 5.02 Å². The summed E-state index contributed by atoms with van der Waals surface area (Å²) in [6.45, 7) is 3.04. The van der Waals surface area contributed by atoms with Crippen LogP contribution in [0.15, 0.2) is 30.5 Å². The molecule has 3 N–H and O–H groups in total. The van der Waals surface area contributed by atoms with Crippen LogP contribution in [0, 0.1) is 6.92 Å². The lowest BCUT2D eigenvalue weighted by Crippen LogP contribution is -2.43. The van der Waals surface area contributed by atoms with E-state index in [1.807, 2.05) is 19.1 Å². The third-order valence-corrected chi connectivity index (χ3v) is 6.18. The lowest BCUT2D eigenvalue weighted by atomic mass is 9.93. The Balaban J connectivity index is 1.57. The highest BCUT2D eigenvalue weighted by atomic mass is 35.5. The molecule has 8 nitrogen and oxygen atoms in total. The molecule has 1 atom stereocenters. The Bertz CT molecular complexity index is 1210. The molecule has 1 aromatic heterocycles. The van der Waals surface area contributed by atoms with E-state index < -0.39 is 6.04 Å². The molecule has 0 radical (unpaired) electrons. The van der Waals surface area contributed by atoms with Crippen molar-refractivity contribution in [3.05, 3.63) is 63.3 Å². The predicted octanol–water partition coefficient (Wildman–Crippen LogP) is 1.16. The SMILES string of the molecule is BNC[C@@H](C=O)NC(=O)c1c(C)cc2c(c1Cl)CCN(C(=O)c1ccc3cn[nH]c3c1)C2. The van der Waals surface area contributed by atoms with E-state index in [9.17, 15) is 14.4 Å². The van der Waals surface area contributed by atoms with Crippen molar-refractivity contribution in [2.45, 2.75) is 25.9 Å². The molecule has 2 amide bonds. The second-order valence-electron chi connectivity index (χ2n) is 7.94. The molecule has 0 bridgehead atoms. The van der Waals surface area contributed by atoms with Gasteiger partial charge in [0.1, 0.15) is 6.29 Å². The Hall–Kier alpha value is -3.17. The number of amides is 2. The summed E-state index contributed by atoms with van der Waals surface area (Å²) in [6, 6.07) is 6.74. The molecule has 0 spiro atoms. The van der Waals surface area contributed by atoms with Crippen molar-refractivity contribution >= 4 is 48.6 Å². The molecule has 3 aromatic rings. The fourth-order valence-electron chi connectivity index (χ4n) is 4.13. The van der Waals surface area contributed by atoms with Gasteiger partial charge in [-0.1, -0.05) is 23.7 Å². The summed E-state index contributed by atoms with van der Waals surface area (Å²) in [5.74, 6) is -0.447. The van der Waals surface area contributed by atoms with E-state index in [0.717, 1.165) is 22.0 Å². The largest absolute Gasteiger partial charge is 0.360 e. The lowest BCUT2D eigenvalue weighted by Gasteiger charge is -2.31. The van der Waals surface area contributed by atoms with Gasteiger partial charge in [-0.05, 0) is 42.2 Å². The van der Waals surface area contributed by atoms with E-state index in [1.165, 1.54) is 0 Å². The number of hydrogen-bond donors (Lipinski definition) is 3. The van der Waals surface area contributed by atoms with Crippen molar-refractivity contribution in [3.8, 4) is 0 Å². The minimum Gasteiger partial charge on any atom is -0.360 e. The number of carbonyl (C=O) groups is 3. The number of aromatic amines is 1. The van der Waals surface area contributed by atoms with Gasteiger partial charge < -0.3 is 20.2 Å². The quantitative estimate of drug-likeness (QED) is 0.385. The van der Waals surface area contributed by atoms with Crippen LogP contribution in [0.4, 0.5) is 0 Å². The number of aldehydes is 1. The number of nitrogens with one attached hydrogen (secondary N) is 3. The minimum atomic E-state index is -0.640. The lowest BCUT2D eigenvalue weighted by molar-refractivity contribution is -0.109. The third kappa shape index (κ3) is 4.13. The van der Waals surface area contributed by atoms with Gasteiger partial charge >= 0.3 is 0 Å². The minimum absolute atomic E-state index is 0.0661. The van der Waals surface area contributed by atoms with Gasteiger partial charge in [-0.25, -0.2) is 0 Å². The number of fused-ring (bicyclic) bond motifs is 2. The van der Waals surface area contributed by atoms with Gasteiger partial charge in [-0.2, -0.15) is 5.10 Å². The molecule has 164 valence electrons. The molecule has 4 rings (SSSR count). The van der Waals surface area contributed by atoms with Crippen molar-refractivity contribution in [1.82, 2.24) is 25.6 Å². The molecule has 2 heterocycles. The van der Waals surface area contributed by atoms with E-state index >= 15 is 0 Å². The fourth-order valence-corrected chi connectivity index (χ4v) is 4.58. The zero-order chi connectivity index (χ0) is 22.8. The zero-order valence-corrected chi connectivity index (χ0v) is 18.6. The van der Waals surface area contributed by atoms with E-state index in [1.54, 1.807) is 31.2 Å². The van der Waals surface area contributed by atoms with Crippen LogP contribution in [0.5, 0.6) is 0 Å². The van der Waals surface area contributed by atoms with Gasteiger partial charge in [0.05, 0.1) is 28.3 Å². The Morgan fingerprint density at radius 2 is 2.19 bits per heavy atom.